The van der Waals surface area contributed by atoms with Gasteiger partial charge in [0.25, 0.3) is 0 Å². The van der Waals surface area contributed by atoms with Crippen molar-refractivity contribution in [3.05, 3.63) is 18.0 Å². The zero-order valence-corrected chi connectivity index (χ0v) is 16.0. The van der Waals surface area contributed by atoms with Crippen molar-refractivity contribution in [2.24, 2.45) is 23.9 Å². The number of aryl methyl sites for hydroxylation is 1. The summed E-state index contributed by atoms with van der Waals surface area (Å²) in [7, 11) is 1.95. The summed E-state index contributed by atoms with van der Waals surface area (Å²) in [5, 5.41) is 7.67. The highest BCUT2D eigenvalue weighted by atomic mass is 127. The zero-order chi connectivity index (χ0) is 14.7. The molecule has 6 heteroatoms. The van der Waals surface area contributed by atoms with E-state index in [-0.39, 0.29) is 24.0 Å². The van der Waals surface area contributed by atoms with E-state index in [4.69, 9.17) is 4.99 Å². The first-order valence-electron chi connectivity index (χ1n) is 8.27. The molecule has 1 saturated heterocycles. The van der Waals surface area contributed by atoms with Gasteiger partial charge in [0.2, 0.25) is 0 Å². The molecule has 2 heterocycles. The van der Waals surface area contributed by atoms with Crippen LogP contribution in [0.15, 0.2) is 17.4 Å². The van der Waals surface area contributed by atoms with Crippen LogP contribution in [0.5, 0.6) is 0 Å². The van der Waals surface area contributed by atoms with Crippen LogP contribution >= 0.6 is 24.0 Å². The normalized spacial score (nSPS) is 24.8. The van der Waals surface area contributed by atoms with Crippen LogP contribution in [0.3, 0.4) is 0 Å². The third kappa shape index (κ3) is 4.14. The molecule has 1 aromatic heterocycles. The molecule has 3 rings (SSSR count). The largest absolute Gasteiger partial charge is 0.357 e. The third-order valence-corrected chi connectivity index (χ3v) is 4.78. The van der Waals surface area contributed by atoms with Crippen LogP contribution in [0.1, 0.15) is 38.2 Å². The third-order valence-electron chi connectivity index (χ3n) is 4.78. The lowest BCUT2D eigenvalue weighted by Crippen LogP contribution is -2.40. The lowest BCUT2D eigenvalue weighted by atomic mass is 9.82. The summed E-state index contributed by atoms with van der Waals surface area (Å²) in [6.07, 6.45) is 9.58. The molecule has 0 spiro atoms. The number of likely N-dealkylation sites (tertiary alicyclic amines) is 1. The van der Waals surface area contributed by atoms with Gasteiger partial charge in [-0.3, -0.25) is 4.68 Å². The van der Waals surface area contributed by atoms with Crippen molar-refractivity contribution in [3.63, 3.8) is 0 Å². The van der Waals surface area contributed by atoms with Crippen LogP contribution in [-0.4, -0.2) is 40.3 Å². The van der Waals surface area contributed by atoms with Gasteiger partial charge in [-0.15, -0.1) is 24.0 Å². The SMILES string of the molecule is CCNC(=NCc1cnn(C)c1)N1CC2CCCCC2C1.I. The number of guanidine groups is 1. The highest BCUT2D eigenvalue weighted by molar-refractivity contribution is 14.0. The Labute approximate surface area is 150 Å². The highest BCUT2D eigenvalue weighted by Crippen LogP contribution is 2.35. The maximum atomic E-state index is 4.82. The Morgan fingerprint density at radius 1 is 1.32 bits per heavy atom. The van der Waals surface area contributed by atoms with E-state index in [0.717, 1.165) is 24.3 Å². The highest BCUT2D eigenvalue weighted by Gasteiger charge is 2.35. The summed E-state index contributed by atoms with van der Waals surface area (Å²) >= 11 is 0. The molecule has 0 amide bonds. The number of nitrogens with zero attached hydrogens (tertiary/aromatic N) is 4. The number of hydrogen-bond donors (Lipinski definition) is 1. The van der Waals surface area contributed by atoms with Gasteiger partial charge in [-0.1, -0.05) is 12.8 Å². The number of aromatic nitrogens is 2. The molecule has 1 saturated carbocycles. The Morgan fingerprint density at radius 2 is 2.00 bits per heavy atom. The van der Waals surface area contributed by atoms with Crippen molar-refractivity contribution in [1.82, 2.24) is 20.0 Å². The molecule has 1 aliphatic carbocycles. The van der Waals surface area contributed by atoms with Crippen LogP contribution in [0.25, 0.3) is 0 Å². The number of fused-ring (bicyclic) bond motifs is 1. The van der Waals surface area contributed by atoms with E-state index in [9.17, 15) is 0 Å². The number of halogens is 1. The number of nitrogens with one attached hydrogen (secondary N) is 1. The fourth-order valence-electron chi connectivity index (χ4n) is 3.72. The molecule has 0 bridgehead atoms. The zero-order valence-electron chi connectivity index (χ0n) is 13.7. The van der Waals surface area contributed by atoms with Gasteiger partial charge >= 0.3 is 0 Å². The first kappa shape index (κ1) is 17.6. The molecule has 0 radical (unpaired) electrons. The Bertz CT molecular complexity index is 484. The molecular weight excluding hydrogens is 389 g/mol. The Kier molecular flexibility index (Phi) is 6.52. The predicted octanol–water partition coefficient (Wildman–Crippen LogP) is 2.63. The van der Waals surface area contributed by atoms with Crippen LogP contribution in [0, 0.1) is 11.8 Å². The van der Waals surface area contributed by atoms with Gasteiger partial charge < -0.3 is 10.2 Å². The molecule has 22 heavy (non-hydrogen) atoms. The summed E-state index contributed by atoms with van der Waals surface area (Å²) in [4.78, 5) is 7.29. The van der Waals surface area contributed by atoms with Gasteiger partial charge in [0.05, 0.1) is 12.7 Å². The first-order chi connectivity index (χ1) is 10.3. The maximum Gasteiger partial charge on any atom is 0.194 e. The number of aliphatic imine (C=N–C) groups is 1. The van der Waals surface area contributed by atoms with Crippen LogP contribution < -0.4 is 5.32 Å². The average molecular weight is 417 g/mol. The second-order valence-corrected chi connectivity index (χ2v) is 6.40. The van der Waals surface area contributed by atoms with E-state index in [1.807, 2.05) is 24.1 Å². The predicted molar refractivity (Wildman–Crippen MR) is 100 cm³/mol. The number of rotatable bonds is 3. The standard InChI is InChI=1S/C16H27N5.HI/c1-3-17-16(18-8-13-9-19-20(2)10-13)21-11-14-6-4-5-7-15(14)12-21;/h9-10,14-15H,3-8,11-12H2,1-2H3,(H,17,18);1H. The van der Waals surface area contributed by atoms with Crippen molar-refractivity contribution in [2.75, 3.05) is 19.6 Å². The molecule has 2 atom stereocenters. The molecule has 0 aromatic carbocycles. The molecule has 2 aliphatic rings. The molecule has 124 valence electrons. The van der Waals surface area contributed by atoms with Gasteiger partial charge in [-0.2, -0.15) is 5.10 Å². The van der Waals surface area contributed by atoms with Crippen molar-refractivity contribution >= 4 is 29.9 Å². The minimum Gasteiger partial charge on any atom is -0.357 e. The molecule has 2 unspecified atom stereocenters. The number of hydrogen-bond acceptors (Lipinski definition) is 2. The fraction of sp³-hybridized carbons (Fsp3) is 0.750. The average Bonchev–Trinajstić information content (AvgIpc) is 3.09. The van der Waals surface area contributed by atoms with Gasteiger partial charge in [-0.25, -0.2) is 4.99 Å². The van der Waals surface area contributed by atoms with E-state index < -0.39 is 0 Å². The van der Waals surface area contributed by atoms with Gasteiger partial charge in [0.1, 0.15) is 0 Å². The Balaban J connectivity index is 0.00000176. The molecule has 5 nitrogen and oxygen atoms in total. The quantitative estimate of drug-likeness (QED) is 0.467. The monoisotopic (exact) mass is 417 g/mol. The van der Waals surface area contributed by atoms with Crippen molar-refractivity contribution in [3.8, 4) is 0 Å². The first-order valence-corrected chi connectivity index (χ1v) is 8.27. The van der Waals surface area contributed by atoms with Crippen molar-refractivity contribution < 1.29 is 0 Å². The summed E-state index contributed by atoms with van der Waals surface area (Å²) < 4.78 is 1.84. The lowest BCUT2D eigenvalue weighted by molar-refractivity contribution is 0.299. The molecule has 1 aliphatic heterocycles. The summed E-state index contributed by atoms with van der Waals surface area (Å²) in [5.41, 5.74) is 1.17. The molecule has 2 fully saturated rings. The van der Waals surface area contributed by atoms with E-state index >= 15 is 0 Å². The summed E-state index contributed by atoms with van der Waals surface area (Å²) in [6.45, 7) is 6.15. The van der Waals surface area contributed by atoms with Gasteiger partial charge in [0, 0.05) is 38.4 Å². The molecule has 1 aromatic rings. The lowest BCUT2D eigenvalue weighted by Gasteiger charge is -2.22. The molecular formula is C16H28IN5. The van der Waals surface area contributed by atoms with E-state index in [1.165, 1.54) is 44.3 Å². The second kappa shape index (κ2) is 8.17. The second-order valence-electron chi connectivity index (χ2n) is 6.40. The Morgan fingerprint density at radius 3 is 2.55 bits per heavy atom. The summed E-state index contributed by atoms with van der Waals surface area (Å²) in [5.74, 6) is 2.86. The van der Waals surface area contributed by atoms with Crippen molar-refractivity contribution in [1.29, 1.82) is 0 Å². The van der Waals surface area contributed by atoms with E-state index in [0.29, 0.717) is 6.54 Å². The van der Waals surface area contributed by atoms with Crippen LogP contribution in [-0.2, 0) is 13.6 Å². The van der Waals surface area contributed by atoms with Gasteiger partial charge in [0.15, 0.2) is 5.96 Å². The van der Waals surface area contributed by atoms with E-state index in [2.05, 4.69) is 22.2 Å². The van der Waals surface area contributed by atoms with Crippen LogP contribution in [0.2, 0.25) is 0 Å². The van der Waals surface area contributed by atoms with E-state index in [1.54, 1.807) is 0 Å². The molecule has 1 N–H and O–H groups in total. The Hall–Kier alpha value is -0.790. The topological polar surface area (TPSA) is 45.5 Å². The maximum absolute atomic E-state index is 4.82. The summed E-state index contributed by atoms with van der Waals surface area (Å²) in [6, 6.07) is 0. The smallest absolute Gasteiger partial charge is 0.194 e. The minimum absolute atomic E-state index is 0. The minimum atomic E-state index is 0. The van der Waals surface area contributed by atoms with Crippen LogP contribution in [0.4, 0.5) is 0 Å². The van der Waals surface area contributed by atoms with Crippen molar-refractivity contribution in [2.45, 2.75) is 39.2 Å². The fourth-order valence-corrected chi connectivity index (χ4v) is 3.72. The van der Waals surface area contributed by atoms with Gasteiger partial charge in [-0.05, 0) is 31.6 Å².